The monoisotopic (exact) mass is 490 g/mol. The van der Waals surface area contributed by atoms with Crippen molar-refractivity contribution in [3.8, 4) is 11.5 Å². The topological polar surface area (TPSA) is 44.8 Å². The van der Waals surface area contributed by atoms with Crippen molar-refractivity contribution >= 4 is 52.4 Å². The molecule has 0 aliphatic heterocycles. The molecule has 0 unspecified atom stereocenters. The van der Waals surface area contributed by atoms with Gasteiger partial charge in [-0.3, -0.25) is 0 Å². The summed E-state index contributed by atoms with van der Waals surface area (Å²) in [4.78, 5) is 12.1. The second-order valence-corrected chi connectivity index (χ2v) is 8.46. The van der Waals surface area contributed by atoms with Crippen LogP contribution in [0.2, 0.25) is 10.0 Å². The molecule has 4 nitrogen and oxygen atoms in total. The minimum atomic E-state index is -0.367. The van der Waals surface area contributed by atoms with Crippen LogP contribution in [0.15, 0.2) is 47.0 Å². The van der Waals surface area contributed by atoms with Gasteiger partial charge >= 0.3 is 5.97 Å². The first-order valence-electron chi connectivity index (χ1n) is 9.30. The number of esters is 1. The van der Waals surface area contributed by atoms with Crippen LogP contribution in [-0.2, 0) is 4.74 Å². The van der Waals surface area contributed by atoms with Crippen molar-refractivity contribution in [3.63, 3.8) is 0 Å². The number of halogens is 4. The van der Waals surface area contributed by atoms with E-state index in [1.165, 1.54) is 11.6 Å². The Morgan fingerprint density at radius 2 is 1.63 bits per heavy atom. The average molecular weight is 492 g/mol. The molecule has 0 heterocycles. The van der Waals surface area contributed by atoms with Gasteiger partial charge in [0, 0.05) is 18.6 Å². The van der Waals surface area contributed by atoms with Gasteiger partial charge in [-0.05, 0) is 29.7 Å². The molecule has 0 bridgehead atoms. The van der Waals surface area contributed by atoms with Crippen molar-refractivity contribution in [3.05, 3.63) is 68.1 Å². The van der Waals surface area contributed by atoms with E-state index in [0.29, 0.717) is 39.4 Å². The van der Waals surface area contributed by atoms with Gasteiger partial charge in [0.1, 0.15) is 16.8 Å². The molecule has 0 saturated carbocycles. The highest BCUT2D eigenvalue weighted by atomic mass is 35.5. The molecule has 2 rings (SSSR count). The van der Waals surface area contributed by atoms with Gasteiger partial charge < -0.3 is 14.2 Å². The van der Waals surface area contributed by atoms with Crippen LogP contribution < -0.4 is 9.47 Å². The Morgan fingerprint density at radius 1 is 1.00 bits per heavy atom. The fourth-order valence-corrected chi connectivity index (χ4v) is 3.15. The molecule has 0 aliphatic rings. The van der Waals surface area contributed by atoms with Gasteiger partial charge in [0.05, 0.1) is 28.8 Å². The quantitative estimate of drug-likeness (QED) is 0.256. The predicted molar refractivity (Wildman–Crippen MR) is 123 cm³/mol. The Kier molecular flexibility index (Phi) is 10.1. The number of carbonyl (C=O) groups is 1. The van der Waals surface area contributed by atoms with Crippen LogP contribution in [0.3, 0.4) is 0 Å². The zero-order valence-electron chi connectivity index (χ0n) is 16.6. The number of hydrogen-bond acceptors (Lipinski definition) is 4. The van der Waals surface area contributed by atoms with Gasteiger partial charge in [-0.15, -0.1) is 0 Å². The number of rotatable bonds is 10. The van der Waals surface area contributed by atoms with E-state index in [2.05, 4.69) is 13.8 Å². The largest absolute Gasteiger partial charge is 0.490 e. The maximum atomic E-state index is 12.1. The molecule has 0 radical (unpaired) electrons. The zero-order valence-corrected chi connectivity index (χ0v) is 19.6. The highest BCUT2D eigenvalue weighted by Gasteiger charge is 2.12. The van der Waals surface area contributed by atoms with Crippen LogP contribution in [0.4, 0.5) is 0 Å². The minimum absolute atomic E-state index is 0.112. The second kappa shape index (κ2) is 12.3. The lowest BCUT2D eigenvalue weighted by atomic mass is 10.0. The third-order valence-electron chi connectivity index (χ3n) is 4.04. The Hall–Kier alpha value is -1.59. The molecule has 0 aromatic heterocycles. The van der Waals surface area contributed by atoms with Crippen LogP contribution in [-0.4, -0.2) is 25.8 Å². The summed E-state index contributed by atoms with van der Waals surface area (Å²) in [5.41, 5.74) is 1.69. The molecule has 162 valence electrons. The van der Waals surface area contributed by atoms with Gasteiger partial charge in [-0.25, -0.2) is 4.79 Å². The number of carbonyl (C=O) groups excluding carboxylic acids is 1. The SMILES string of the molecule is CC(C)c1ccc(C(=O)OCCCOc2c(Cl)cc(OCC=C(Cl)Cl)cc2Cl)cc1. The molecule has 2 aromatic rings. The summed E-state index contributed by atoms with van der Waals surface area (Å²) in [7, 11) is 0. The van der Waals surface area contributed by atoms with Gasteiger partial charge in [0.15, 0.2) is 5.75 Å². The van der Waals surface area contributed by atoms with Crippen molar-refractivity contribution in [2.45, 2.75) is 26.2 Å². The van der Waals surface area contributed by atoms with E-state index >= 15 is 0 Å². The molecule has 2 aromatic carbocycles. The number of hydrogen-bond donors (Lipinski definition) is 0. The summed E-state index contributed by atoms with van der Waals surface area (Å²) >= 11 is 23.5. The smallest absolute Gasteiger partial charge is 0.338 e. The van der Waals surface area contributed by atoms with E-state index < -0.39 is 0 Å². The molecule has 0 amide bonds. The van der Waals surface area contributed by atoms with Crippen molar-refractivity contribution in [2.75, 3.05) is 19.8 Å². The predicted octanol–water partition coefficient (Wildman–Crippen LogP) is 7.44. The summed E-state index contributed by atoms with van der Waals surface area (Å²) in [6, 6.07) is 10.6. The van der Waals surface area contributed by atoms with Crippen molar-refractivity contribution in [1.29, 1.82) is 0 Å². The third kappa shape index (κ3) is 7.92. The van der Waals surface area contributed by atoms with E-state index in [9.17, 15) is 4.79 Å². The fourth-order valence-electron chi connectivity index (χ4n) is 2.44. The third-order valence-corrected chi connectivity index (χ3v) is 4.91. The van der Waals surface area contributed by atoms with E-state index in [-0.39, 0.29) is 30.3 Å². The Labute approximate surface area is 196 Å². The summed E-state index contributed by atoms with van der Waals surface area (Å²) in [6.45, 7) is 4.88. The first kappa shape index (κ1) is 24.7. The summed E-state index contributed by atoms with van der Waals surface area (Å²) in [5.74, 6) is 0.842. The molecule has 0 spiro atoms. The number of ether oxygens (including phenoxy) is 3. The lowest BCUT2D eigenvalue weighted by Crippen LogP contribution is -2.09. The van der Waals surface area contributed by atoms with Gasteiger partial charge in [0.25, 0.3) is 0 Å². The average Bonchev–Trinajstić information content (AvgIpc) is 2.69. The normalized spacial score (nSPS) is 10.6. The lowest BCUT2D eigenvalue weighted by molar-refractivity contribution is 0.0486. The Bertz CT molecular complexity index is 852. The van der Waals surface area contributed by atoms with Gasteiger partial charge in [0.2, 0.25) is 0 Å². The van der Waals surface area contributed by atoms with Crippen LogP contribution in [0, 0.1) is 0 Å². The minimum Gasteiger partial charge on any atom is -0.490 e. The molecule has 30 heavy (non-hydrogen) atoms. The molecule has 8 heteroatoms. The molecule has 0 aliphatic carbocycles. The van der Waals surface area contributed by atoms with Crippen LogP contribution in [0.5, 0.6) is 11.5 Å². The molecular formula is C22H22Cl4O4. The van der Waals surface area contributed by atoms with Crippen LogP contribution in [0.1, 0.15) is 42.1 Å². The molecule has 0 saturated heterocycles. The van der Waals surface area contributed by atoms with Crippen LogP contribution in [0.25, 0.3) is 0 Å². The summed E-state index contributed by atoms with van der Waals surface area (Å²) in [5, 5.41) is 0.612. The standard InChI is InChI=1S/C22H22Cl4O4/c1-14(2)15-4-6-16(7-5-15)22(27)30-10-3-9-29-21-18(23)12-17(13-19(21)24)28-11-8-20(25)26/h4-8,12-14H,3,9-11H2,1-2H3. The van der Waals surface area contributed by atoms with Gasteiger partial charge in [-0.1, -0.05) is 72.4 Å². The van der Waals surface area contributed by atoms with E-state index in [0.717, 1.165) is 0 Å². The maximum Gasteiger partial charge on any atom is 0.338 e. The highest BCUT2D eigenvalue weighted by Crippen LogP contribution is 2.37. The highest BCUT2D eigenvalue weighted by molar-refractivity contribution is 6.55. The zero-order chi connectivity index (χ0) is 22.1. The van der Waals surface area contributed by atoms with Crippen molar-refractivity contribution in [2.24, 2.45) is 0 Å². The molecular weight excluding hydrogens is 470 g/mol. The second-order valence-electron chi connectivity index (χ2n) is 6.64. The molecule has 0 fully saturated rings. The summed E-state index contributed by atoms with van der Waals surface area (Å²) in [6.07, 6.45) is 1.98. The van der Waals surface area contributed by atoms with Crippen molar-refractivity contribution in [1.82, 2.24) is 0 Å². The number of benzene rings is 2. The van der Waals surface area contributed by atoms with Crippen LogP contribution >= 0.6 is 46.4 Å². The first-order valence-corrected chi connectivity index (χ1v) is 10.8. The Morgan fingerprint density at radius 3 is 2.20 bits per heavy atom. The van der Waals surface area contributed by atoms with Crippen molar-refractivity contribution < 1.29 is 19.0 Å². The lowest BCUT2D eigenvalue weighted by Gasteiger charge is -2.12. The first-order chi connectivity index (χ1) is 14.3. The molecule has 0 atom stereocenters. The van der Waals surface area contributed by atoms with E-state index in [1.54, 1.807) is 24.3 Å². The summed E-state index contributed by atoms with van der Waals surface area (Å²) < 4.78 is 16.5. The fraction of sp³-hybridized carbons (Fsp3) is 0.318. The van der Waals surface area contributed by atoms with E-state index in [1.807, 2.05) is 12.1 Å². The molecule has 0 N–H and O–H groups in total. The van der Waals surface area contributed by atoms with Gasteiger partial charge in [-0.2, -0.15) is 0 Å². The van der Waals surface area contributed by atoms with E-state index in [4.69, 9.17) is 60.6 Å². The Balaban J connectivity index is 1.78. The maximum absolute atomic E-state index is 12.1.